The number of phenolic OH excluding ortho intramolecular Hbond substituents is 1. The molecule has 3 N–H and O–H groups in total. The van der Waals surface area contributed by atoms with Crippen LogP contribution in [0.2, 0.25) is 10.0 Å². The van der Waals surface area contributed by atoms with Gasteiger partial charge in [-0.3, -0.25) is 19.6 Å². The molecular formula is C26H17BrCl2N6O3S. The van der Waals surface area contributed by atoms with Crippen LogP contribution in [0.5, 0.6) is 5.75 Å². The minimum absolute atomic E-state index is 0.0807. The van der Waals surface area contributed by atoms with Gasteiger partial charge in [0.2, 0.25) is 5.13 Å². The highest BCUT2D eigenvalue weighted by atomic mass is 79.9. The molecule has 2 heterocycles. The van der Waals surface area contributed by atoms with E-state index in [0.717, 1.165) is 27.1 Å². The Kier molecular flexibility index (Phi) is 7.67. The first-order valence-corrected chi connectivity index (χ1v) is 13.6. The molecule has 13 heteroatoms. The molecule has 0 radical (unpaired) electrons. The molecule has 0 saturated heterocycles. The molecule has 0 spiro atoms. The topological polar surface area (TPSA) is 122 Å². The molecule has 2 aromatic heterocycles. The number of hydrogen-bond donors (Lipinski definition) is 3. The van der Waals surface area contributed by atoms with E-state index in [4.69, 9.17) is 23.2 Å². The standard InChI is InChI=1S/C26H17BrCl2N6O3S/c1-35-12-19(27)21(34-35)13-6-8-17(9-7-13)30-23(37)14-2-4-15(5-3-14)24(38)31-26-33-32-25(39-26)18-10-16(28)11-20(29)22(18)36/h2-12,36H,1H3,(H,30,37)(H,31,33,38). The Morgan fingerprint density at radius 3 is 2.21 bits per heavy atom. The van der Waals surface area contributed by atoms with E-state index in [1.807, 2.05) is 25.4 Å². The number of rotatable bonds is 6. The molecule has 3 aromatic carbocycles. The Bertz CT molecular complexity index is 1700. The van der Waals surface area contributed by atoms with E-state index >= 15 is 0 Å². The van der Waals surface area contributed by atoms with Crippen molar-refractivity contribution in [3.05, 3.63) is 92.5 Å². The van der Waals surface area contributed by atoms with E-state index in [1.54, 1.807) is 28.9 Å². The molecule has 0 unspecified atom stereocenters. The van der Waals surface area contributed by atoms with Crippen LogP contribution in [0.15, 0.2) is 71.3 Å². The van der Waals surface area contributed by atoms with Gasteiger partial charge in [0.25, 0.3) is 11.8 Å². The van der Waals surface area contributed by atoms with Gasteiger partial charge in [-0.2, -0.15) is 5.10 Å². The number of benzene rings is 3. The fourth-order valence-corrected chi connectivity index (χ4v) is 5.48. The smallest absolute Gasteiger partial charge is 0.257 e. The van der Waals surface area contributed by atoms with Gasteiger partial charge in [-0.15, -0.1) is 10.2 Å². The molecule has 39 heavy (non-hydrogen) atoms. The molecule has 5 aromatic rings. The zero-order chi connectivity index (χ0) is 27.7. The number of nitrogens with zero attached hydrogens (tertiary/aromatic N) is 4. The van der Waals surface area contributed by atoms with Crippen LogP contribution >= 0.6 is 50.5 Å². The quantitative estimate of drug-likeness (QED) is 0.185. The van der Waals surface area contributed by atoms with Crippen molar-refractivity contribution in [1.29, 1.82) is 0 Å². The normalized spacial score (nSPS) is 10.9. The predicted molar refractivity (Wildman–Crippen MR) is 156 cm³/mol. The molecule has 0 aliphatic rings. The van der Waals surface area contributed by atoms with Crippen molar-refractivity contribution in [3.8, 4) is 27.6 Å². The van der Waals surface area contributed by atoms with Crippen LogP contribution in [0.3, 0.4) is 0 Å². The van der Waals surface area contributed by atoms with Crippen LogP contribution < -0.4 is 10.6 Å². The summed E-state index contributed by atoms with van der Waals surface area (Å²) in [4.78, 5) is 25.4. The maximum atomic E-state index is 12.7. The summed E-state index contributed by atoms with van der Waals surface area (Å²) in [6.45, 7) is 0. The Morgan fingerprint density at radius 2 is 1.59 bits per heavy atom. The highest BCUT2D eigenvalue weighted by Gasteiger charge is 2.17. The number of nitrogens with one attached hydrogen (secondary N) is 2. The van der Waals surface area contributed by atoms with E-state index in [2.05, 4.69) is 41.9 Å². The van der Waals surface area contributed by atoms with Crippen LogP contribution in [0.4, 0.5) is 10.8 Å². The zero-order valence-corrected chi connectivity index (χ0v) is 23.9. The van der Waals surface area contributed by atoms with Gasteiger partial charge in [-0.05, 0) is 64.5 Å². The summed E-state index contributed by atoms with van der Waals surface area (Å²) in [6.07, 6.45) is 1.86. The Morgan fingerprint density at radius 1 is 0.949 bits per heavy atom. The number of carbonyl (C=O) groups is 2. The number of amides is 2. The highest BCUT2D eigenvalue weighted by molar-refractivity contribution is 9.10. The van der Waals surface area contributed by atoms with Crippen molar-refractivity contribution in [2.24, 2.45) is 7.05 Å². The van der Waals surface area contributed by atoms with Crippen molar-refractivity contribution in [2.75, 3.05) is 10.6 Å². The van der Waals surface area contributed by atoms with E-state index in [-0.39, 0.29) is 21.8 Å². The molecule has 0 saturated carbocycles. The number of hydrogen-bond acceptors (Lipinski definition) is 7. The molecule has 0 aliphatic carbocycles. The first-order chi connectivity index (χ1) is 18.7. The van der Waals surface area contributed by atoms with Crippen molar-refractivity contribution in [3.63, 3.8) is 0 Å². The lowest BCUT2D eigenvalue weighted by molar-refractivity contribution is 0.101. The number of aryl methyl sites for hydroxylation is 1. The van der Waals surface area contributed by atoms with Crippen molar-refractivity contribution in [1.82, 2.24) is 20.0 Å². The van der Waals surface area contributed by atoms with Gasteiger partial charge >= 0.3 is 0 Å². The second kappa shape index (κ2) is 11.1. The van der Waals surface area contributed by atoms with Gasteiger partial charge in [-0.25, -0.2) is 0 Å². The van der Waals surface area contributed by atoms with E-state index in [0.29, 0.717) is 32.4 Å². The lowest BCUT2D eigenvalue weighted by Crippen LogP contribution is -2.14. The molecule has 0 aliphatic heterocycles. The van der Waals surface area contributed by atoms with Crippen molar-refractivity contribution < 1.29 is 14.7 Å². The minimum atomic E-state index is -0.436. The number of aromatic nitrogens is 4. The third-order valence-corrected chi connectivity index (χ3v) is 7.47. The summed E-state index contributed by atoms with van der Waals surface area (Å²) in [6, 6.07) is 16.4. The average Bonchev–Trinajstić information content (AvgIpc) is 3.52. The number of halogens is 3. The third-order valence-electron chi connectivity index (χ3n) is 5.51. The van der Waals surface area contributed by atoms with E-state index < -0.39 is 5.91 Å². The second-order valence-electron chi connectivity index (χ2n) is 8.26. The van der Waals surface area contributed by atoms with Crippen molar-refractivity contribution >= 4 is 73.1 Å². The fraction of sp³-hybridized carbons (Fsp3) is 0.0385. The molecule has 9 nitrogen and oxygen atoms in total. The Balaban J connectivity index is 1.22. The third kappa shape index (κ3) is 5.96. The summed E-state index contributed by atoms with van der Waals surface area (Å²) < 4.78 is 2.59. The SMILES string of the molecule is Cn1cc(Br)c(-c2ccc(NC(=O)c3ccc(C(=O)Nc4nnc(-c5cc(Cl)cc(Cl)c5O)s4)cc3)cc2)n1. The lowest BCUT2D eigenvalue weighted by Gasteiger charge is -2.07. The maximum Gasteiger partial charge on any atom is 0.257 e. The summed E-state index contributed by atoms with van der Waals surface area (Å²) in [5, 5.41) is 29.0. The summed E-state index contributed by atoms with van der Waals surface area (Å²) >= 11 is 16.5. The van der Waals surface area contributed by atoms with Crippen LogP contribution in [-0.4, -0.2) is 36.9 Å². The second-order valence-corrected chi connectivity index (χ2v) is 10.9. The number of phenols is 1. The maximum absolute atomic E-state index is 12.7. The molecule has 2 amide bonds. The largest absolute Gasteiger partial charge is 0.506 e. The van der Waals surface area contributed by atoms with Gasteiger partial charge in [0.05, 0.1) is 15.1 Å². The minimum Gasteiger partial charge on any atom is -0.506 e. The number of aromatic hydroxyl groups is 1. The van der Waals surface area contributed by atoms with Gasteiger partial charge in [0.15, 0.2) is 5.01 Å². The molecular weight excluding hydrogens is 627 g/mol. The summed E-state index contributed by atoms with van der Waals surface area (Å²) in [5.41, 5.74) is 3.35. The Hall–Kier alpha value is -3.77. The van der Waals surface area contributed by atoms with Crippen molar-refractivity contribution in [2.45, 2.75) is 0 Å². The lowest BCUT2D eigenvalue weighted by atomic mass is 10.1. The van der Waals surface area contributed by atoms with Gasteiger partial charge < -0.3 is 10.4 Å². The molecule has 196 valence electrons. The first-order valence-electron chi connectivity index (χ1n) is 11.2. The van der Waals surface area contributed by atoms with Gasteiger partial charge in [0.1, 0.15) is 11.4 Å². The summed E-state index contributed by atoms with van der Waals surface area (Å²) in [5.74, 6) is -0.932. The van der Waals surface area contributed by atoms with E-state index in [1.165, 1.54) is 24.3 Å². The highest BCUT2D eigenvalue weighted by Crippen LogP contribution is 2.39. The van der Waals surface area contributed by atoms with Crippen LogP contribution in [0.1, 0.15) is 20.7 Å². The zero-order valence-electron chi connectivity index (χ0n) is 19.9. The number of anilines is 2. The Labute approximate surface area is 244 Å². The molecule has 0 fully saturated rings. The van der Waals surface area contributed by atoms with E-state index in [9.17, 15) is 14.7 Å². The average molecular weight is 644 g/mol. The summed E-state index contributed by atoms with van der Waals surface area (Å²) in [7, 11) is 1.84. The monoisotopic (exact) mass is 642 g/mol. The van der Waals surface area contributed by atoms with Crippen LogP contribution in [-0.2, 0) is 7.05 Å². The van der Waals surface area contributed by atoms with Gasteiger partial charge in [0, 0.05) is 40.6 Å². The van der Waals surface area contributed by atoms with Gasteiger partial charge in [-0.1, -0.05) is 46.7 Å². The molecule has 0 bridgehead atoms. The molecule has 5 rings (SSSR count). The molecule has 0 atom stereocenters. The fourth-order valence-electron chi connectivity index (χ4n) is 3.62. The van der Waals surface area contributed by atoms with Crippen LogP contribution in [0.25, 0.3) is 21.8 Å². The number of carbonyl (C=O) groups excluding carboxylic acids is 2. The van der Waals surface area contributed by atoms with Crippen LogP contribution in [0, 0.1) is 0 Å². The first kappa shape index (κ1) is 26.8. The predicted octanol–water partition coefficient (Wildman–Crippen LogP) is 6.89.